The molecule has 1 unspecified atom stereocenters. The molecule has 2 aliphatic rings. The molecule has 0 radical (unpaired) electrons. The number of carbonyl (C=O) groups is 1. The minimum Gasteiger partial charge on any atom is -0.339 e. The van der Waals surface area contributed by atoms with Crippen molar-refractivity contribution in [1.82, 2.24) is 4.90 Å². The molecule has 0 aromatic heterocycles. The van der Waals surface area contributed by atoms with E-state index >= 15 is 0 Å². The van der Waals surface area contributed by atoms with Crippen LogP contribution in [0.4, 0.5) is 0 Å². The number of amides is 1. The predicted molar refractivity (Wildman–Crippen MR) is 69.7 cm³/mol. The number of halogens is 1. The molecule has 3 heteroatoms. The maximum atomic E-state index is 12.1. The molecule has 0 aromatic rings. The molecule has 1 amide bonds. The van der Waals surface area contributed by atoms with Crippen LogP contribution in [0.5, 0.6) is 0 Å². The Bertz CT molecular complexity index is 238. The Morgan fingerprint density at radius 1 is 1.19 bits per heavy atom. The molecule has 1 saturated heterocycles. The average Bonchev–Trinajstić information content (AvgIpc) is 2.96. The lowest BCUT2D eigenvalue weighted by molar-refractivity contribution is -0.131. The molecule has 2 fully saturated rings. The fraction of sp³-hybridized carbons (Fsp3) is 0.923. The fourth-order valence-electron chi connectivity index (χ4n) is 3.09. The number of likely N-dealkylation sites (tertiary alicyclic amines) is 1. The van der Waals surface area contributed by atoms with Gasteiger partial charge in [0.1, 0.15) is 0 Å². The third-order valence-electron chi connectivity index (χ3n) is 4.12. The number of hydrogen-bond acceptors (Lipinski definition) is 1. The Morgan fingerprint density at radius 3 is 2.62 bits per heavy atom. The number of carbonyl (C=O) groups excluding carboxylic acids is 1. The SMILES string of the molecule is O=C(CCC1CCCC1)N1CCCC1CBr. The van der Waals surface area contributed by atoms with E-state index in [1.807, 2.05) is 0 Å². The van der Waals surface area contributed by atoms with Crippen molar-refractivity contribution in [2.75, 3.05) is 11.9 Å². The van der Waals surface area contributed by atoms with Gasteiger partial charge in [0.2, 0.25) is 5.91 Å². The summed E-state index contributed by atoms with van der Waals surface area (Å²) in [5, 5.41) is 0.947. The fourth-order valence-corrected chi connectivity index (χ4v) is 3.77. The second-order valence-corrected chi connectivity index (χ2v) is 5.87. The molecule has 1 aliphatic carbocycles. The summed E-state index contributed by atoms with van der Waals surface area (Å²) < 4.78 is 0. The summed E-state index contributed by atoms with van der Waals surface area (Å²) in [4.78, 5) is 14.2. The van der Waals surface area contributed by atoms with E-state index in [1.165, 1.54) is 38.5 Å². The molecule has 1 heterocycles. The van der Waals surface area contributed by atoms with Gasteiger partial charge in [-0.25, -0.2) is 0 Å². The monoisotopic (exact) mass is 287 g/mol. The molecule has 0 bridgehead atoms. The van der Waals surface area contributed by atoms with Crippen LogP contribution >= 0.6 is 15.9 Å². The van der Waals surface area contributed by atoms with E-state index in [2.05, 4.69) is 20.8 Å². The van der Waals surface area contributed by atoms with E-state index in [-0.39, 0.29) is 0 Å². The maximum Gasteiger partial charge on any atom is 0.222 e. The van der Waals surface area contributed by atoms with Gasteiger partial charge in [-0.05, 0) is 25.2 Å². The quantitative estimate of drug-likeness (QED) is 0.727. The van der Waals surface area contributed by atoms with Crippen LogP contribution in [-0.2, 0) is 4.79 Å². The van der Waals surface area contributed by atoms with Crippen LogP contribution < -0.4 is 0 Å². The average molecular weight is 288 g/mol. The molecule has 0 aromatic carbocycles. The Morgan fingerprint density at radius 2 is 1.94 bits per heavy atom. The summed E-state index contributed by atoms with van der Waals surface area (Å²) in [5.74, 6) is 1.24. The van der Waals surface area contributed by atoms with E-state index in [4.69, 9.17) is 0 Å². The van der Waals surface area contributed by atoms with Gasteiger partial charge in [-0.15, -0.1) is 0 Å². The van der Waals surface area contributed by atoms with Crippen molar-refractivity contribution in [2.24, 2.45) is 5.92 Å². The molecule has 2 rings (SSSR count). The van der Waals surface area contributed by atoms with Gasteiger partial charge in [0.05, 0.1) is 0 Å². The molecular formula is C13H22BrNO. The number of alkyl halides is 1. The maximum absolute atomic E-state index is 12.1. The van der Waals surface area contributed by atoms with E-state index in [0.717, 1.165) is 30.6 Å². The number of rotatable bonds is 4. The van der Waals surface area contributed by atoms with Gasteiger partial charge in [-0.2, -0.15) is 0 Å². The van der Waals surface area contributed by atoms with E-state index in [9.17, 15) is 4.79 Å². The zero-order valence-electron chi connectivity index (χ0n) is 9.96. The Hall–Kier alpha value is -0.0500. The van der Waals surface area contributed by atoms with Crippen LogP contribution in [0.1, 0.15) is 51.4 Å². The zero-order valence-corrected chi connectivity index (χ0v) is 11.5. The molecule has 92 valence electrons. The topological polar surface area (TPSA) is 20.3 Å². The van der Waals surface area contributed by atoms with Gasteiger partial charge in [-0.3, -0.25) is 4.79 Å². The molecule has 0 spiro atoms. The molecule has 1 aliphatic heterocycles. The van der Waals surface area contributed by atoms with Crippen molar-refractivity contribution in [1.29, 1.82) is 0 Å². The summed E-state index contributed by atoms with van der Waals surface area (Å²) in [6.45, 7) is 0.986. The van der Waals surface area contributed by atoms with Crippen LogP contribution in [0.3, 0.4) is 0 Å². The highest BCUT2D eigenvalue weighted by atomic mass is 79.9. The predicted octanol–water partition coefficient (Wildman–Crippen LogP) is 3.34. The first kappa shape index (κ1) is 12.4. The highest BCUT2D eigenvalue weighted by Crippen LogP contribution is 2.29. The number of hydrogen-bond donors (Lipinski definition) is 0. The highest BCUT2D eigenvalue weighted by molar-refractivity contribution is 9.09. The van der Waals surface area contributed by atoms with Crippen molar-refractivity contribution in [3.05, 3.63) is 0 Å². The lowest BCUT2D eigenvalue weighted by atomic mass is 10.0. The van der Waals surface area contributed by atoms with Crippen LogP contribution in [0.15, 0.2) is 0 Å². The van der Waals surface area contributed by atoms with Crippen LogP contribution in [-0.4, -0.2) is 28.7 Å². The lowest BCUT2D eigenvalue weighted by Gasteiger charge is -2.23. The molecule has 2 nitrogen and oxygen atoms in total. The molecular weight excluding hydrogens is 266 g/mol. The van der Waals surface area contributed by atoms with Crippen LogP contribution in [0, 0.1) is 5.92 Å². The van der Waals surface area contributed by atoms with Gasteiger partial charge in [0, 0.05) is 24.3 Å². The standard InChI is InChI=1S/C13H22BrNO/c14-10-12-6-3-9-15(12)13(16)8-7-11-4-1-2-5-11/h11-12H,1-10H2. The third-order valence-corrected chi connectivity index (χ3v) is 4.86. The van der Waals surface area contributed by atoms with Crippen molar-refractivity contribution in [3.63, 3.8) is 0 Å². The van der Waals surface area contributed by atoms with E-state index in [1.54, 1.807) is 0 Å². The Labute approximate surface area is 107 Å². The first-order valence-corrected chi connectivity index (χ1v) is 7.79. The first-order valence-electron chi connectivity index (χ1n) is 6.66. The van der Waals surface area contributed by atoms with Gasteiger partial charge in [-0.1, -0.05) is 41.6 Å². The van der Waals surface area contributed by atoms with Crippen LogP contribution in [0.2, 0.25) is 0 Å². The van der Waals surface area contributed by atoms with Gasteiger partial charge < -0.3 is 4.90 Å². The molecule has 16 heavy (non-hydrogen) atoms. The largest absolute Gasteiger partial charge is 0.339 e. The van der Waals surface area contributed by atoms with Crippen LogP contribution in [0.25, 0.3) is 0 Å². The Balaban J connectivity index is 1.74. The van der Waals surface area contributed by atoms with Crippen molar-refractivity contribution in [2.45, 2.75) is 57.4 Å². The molecule has 1 saturated carbocycles. The van der Waals surface area contributed by atoms with E-state index < -0.39 is 0 Å². The van der Waals surface area contributed by atoms with Crippen molar-refractivity contribution < 1.29 is 4.79 Å². The normalized spacial score (nSPS) is 26.6. The highest BCUT2D eigenvalue weighted by Gasteiger charge is 2.28. The second-order valence-electron chi connectivity index (χ2n) is 5.23. The van der Waals surface area contributed by atoms with E-state index in [0.29, 0.717) is 11.9 Å². The van der Waals surface area contributed by atoms with Gasteiger partial charge in [0.25, 0.3) is 0 Å². The Kier molecular flexibility index (Phi) is 4.68. The van der Waals surface area contributed by atoms with Crippen molar-refractivity contribution >= 4 is 21.8 Å². The smallest absolute Gasteiger partial charge is 0.222 e. The minimum atomic E-state index is 0.397. The molecule has 1 atom stereocenters. The third kappa shape index (κ3) is 2.99. The van der Waals surface area contributed by atoms with Gasteiger partial charge in [0.15, 0.2) is 0 Å². The summed E-state index contributed by atoms with van der Waals surface area (Å²) >= 11 is 3.51. The zero-order chi connectivity index (χ0) is 11.4. The lowest BCUT2D eigenvalue weighted by Crippen LogP contribution is -2.36. The summed E-state index contributed by atoms with van der Waals surface area (Å²) in [5.41, 5.74) is 0. The molecule has 0 N–H and O–H groups in total. The summed E-state index contributed by atoms with van der Waals surface area (Å²) in [6, 6.07) is 0.469. The summed E-state index contributed by atoms with van der Waals surface area (Å²) in [7, 11) is 0. The summed E-state index contributed by atoms with van der Waals surface area (Å²) in [6.07, 6.45) is 9.76. The van der Waals surface area contributed by atoms with Gasteiger partial charge >= 0.3 is 0 Å². The number of nitrogens with zero attached hydrogens (tertiary/aromatic N) is 1. The second kappa shape index (κ2) is 6.04. The van der Waals surface area contributed by atoms with Crippen molar-refractivity contribution in [3.8, 4) is 0 Å². The first-order chi connectivity index (χ1) is 7.81. The minimum absolute atomic E-state index is 0.397.